The fraction of sp³-hybridized carbons (Fsp3) is 0.500. The lowest BCUT2D eigenvalue weighted by Crippen LogP contribution is -2.36. The van der Waals surface area contributed by atoms with Gasteiger partial charge >= 0.3 is 0 Å². The zero-order chi connectivity index (χ0) is 15.2. The molecule has 0 saturated carbocycles. The minimum Gasteiger partial charge on any atom is -0.399 e. The molecule has 1 aromatic rings. The molecule has 0 heterocycles. The van der Waals surface area contributed by atoms with Gasteiger partial charge < -0.3 is 15.2 Å². The molecule has 2 N–H and O–H groups in total. The van der Waals surface area contributed by atoms with Crippen LogP contribution in [0.15, 0.2) is 27.6 Å². The molecule has 1 rings (SSSR count). The maximum absolute atomic E-state index is 12.6. The van der Waals surface area contributed by atoms with Crippen LogP contribution in [0.2, 0.25) is 0 Å². The van der Waals surface area contributed by atoms with Gasteiger partial charge in [0.2, 0.25) is 10.0 Å². The van der Waals surface area contributed by atoms with Crippen LogP contribution in [-0.2, 0) is 19.5 Å². The Labute approximate surface area is 128 Å². The molecule has 0 amide bonds. The highest BCUT2D eigenvalue weighted by molar-refractivity contribution is 9.10. The second kappa shape index (κ2) is 7.94. The number of sulfonamides is 1. The Morgan fingerprint density at radius 2 is 1.75 bits per heavy atom. The monoisotopic (exact) mass is 366 g/mol. The predicted molar refractivity (Wildman–Crippen MR) is 81.1 cm³/mol. The number of nitrogens with two attached hydrogens (primary N) is 1. The van der Waals surface area contributed by atoms with E-state index in [2.05, 4.69) is 15.9 Å². The third-order valence-electron chi connectivity index (χ3n) is 2.66. The number of halogens is 1. The van der Waals surface area contributed by atoms with Crippen molar-refractivity contribution in [1.29, 1.82) is 0 Å². The predicted octanol–water partition coefficient (Wildman–Crippen LogP) is 1.31. The Bertz CT molecular complexity index is 528. The summed E-state index contributed by atoms with van der Waals surface area (Å²) in [7, 11) is -0.602. The molecule has 0 aliphatic rings. The highest BCUT2D eigenvalue weighted by atomic mass is 79.9. The number of anilines is 1. The molecule has 1 aromatic carbocycles. The van der Waals surface area contributed by atoms with Crippen molar-refractivity contribution in [2.75, 3.05) is 46.3 Å². The Morgan fingerprint density at radius 3 is 2.25 bits per heavy atom. The van der Waals surface area contributed by atoms with Gasteiger partial charge in [-0.2, -0.15) is 4.31 Å². The minimum atomic E-state index is -3.65. The van der Waals surface area contributed by atoms with Gasteiger partial charge in [-0.1, -0.05) is 0 Å². The van der Waals surface area contributed by atoms with E-state index in [4.69, 9.17) is 15.2 Å². The summed E-state index contributed by atoms with van der Waals surface area (Å²) < 4.78 is 37.0. The van der Waals surface area contributed by atoms with Gasteiger partial charge in [0.25, 0.3) is 0 Å². The summed E-state index contributed by atoms with van der Waals surface area (Å²) in [6.07, 6.45) is 0. The van der Waals surface area contributed by atoms with E-state index in [1.807, 2.05) is 0 Å². The molecule has 0 unspecified atom stereocenters. The first kappa shape index (κ1) is 17.4. The molecular formula is C12H19BrN2O4S. The van der Waals surface area contributed by atoms with Crippen molar-refractivity contribution >= 4 is 31.6 Å². The molecule has 6 nitrogen and oxygen atoms in total. The lowest BCUT2D eigenvalue weighted by Gasteiger charge is -2.22. The number of ether oxygens (including phenoxy) is 2. The van der Waals surface area contributed by atoms with E-state index in [1.165, 1.54) is 24.6 Å². The Balaban J connectivity index is 3.10. The summed E-state index contributed by atoms with van der Waals surface area (Å²) in [5.41, 5.74) is 6.07. The highest BCUT2D eigenvalue weighted by Crippen LogP contribution is 2.27. The van der Waals surface area contributed by atoms with Crippen LogP contribution in [0.25, 0.3) is 0 Å². The average molecular weight is 367 g/mol. The van der Waals surface area contributed by atoms with Crippen molar-refractivity contribution in [2.24, 2.45) is 0 Å². The van der Waals surface area contributed by atoms with E-state index in [0.29, 0.717) is 23.4 Å². The third-order valence-corrected chi connectivity index (χ3v) is 5.56. The van der Waals surface area contributed by atoms with E-state index >= 15 is 0 Å². The Kier molecular flexibility index (Phi) is 6.90. The number of methoxy groups -OCH3 is 2. The van der Waals surface area contributed by atoms with Crippen LogP contribution >= 0.6 is 15.9 Å². The van der Waals surface area contributed by atoms with E-state index in [-0.39, 0.29) is 18.0 Å². The van der Waals surface area contributed by atoms with E-state index in [9.17, 15) is 8.42 Å². The van der Waals surface area contributed by atoms with Crippen molar-refractivity contribution in [3.05, 3.63) is 22.7 Å². The summed E-state index contributed by atoms with van der Waals surface area (Å²) in [5, 5.41) is 0. The maximum Gasteiger partial charge on any atom is 0.244 e. The molecule has 8 heteroatoms. The van der Waals surface area contributed by atoms with Gasteiger partial charge in [-0.05, 0) is 34.1 Å². The van der Waals surface area contributed by atoms with E-state index < -0.39 is 10.0 Å². The van der Waals surface area contributed by atoms with Crippen LogP contribution in [-0.4, -0.2) is 53.2 Å². The first-order valence-electron chi connectivity index (χ1n) is 5.96. The standard InChI is InChI=1S/C12H19BrN2O4S/c1-18-7-5-15(6-8-19-2)20(16,17)12-9-10(14)3-4-11(12)13/h3-4,9H,5-8,14H2,1-2H3. The maximum atomic E-state index is 12.6. The van der Waals surface area contributed by atoms with Crippen molar-refractivity contribution in [3.8, 4) is 0 Å². The van der Waals surface area contributed by atoms with Gasteiger partial charge in [-0.15, -0.1) is 0 Å². The second-order valence-electron chi connectivity index (χ2n) is 4.08. The summed E-state index contributed by atoms with van der Waals surface area (Å²) >= 11 is 3.25. The number of nitrogens with zero attached hydrogens (tertiary/aromatic N) is 1. The van der Waals surface area contributed by atoms with Crippen LogP contribution in [0.4, 0.5) is 5.69 Å². The molecule has 0 aliphatic carbocycles. The van der Waals surface area contributed by atoms with Crippen molar-refractivity contribution in [1.82, 2.24) is 4.31 Å². The Hall–Kier alpha value is -0.670. The number of hydrogen-bond donors (Lipinski definition) is 1. The molecular weight excluding hydrogens is 348 g/mol. The van der Waals surface area contributed by atoms with Crippen LogP contribution < -0.4 is 5.73 Å². The van der Waals surface area contributed by atoms with Crippen LogP contribution in [0.5, 0.6) is 0 Å². The van der Waals surface area contributed by atoms with Gasteiger partial charge in [-0.3, -0.25) is 0 Å². The lowest BCUT2D eigenvalue weighted by atomic mass is 10.3. The molecule has 0 fully saturated rings. The molecule has 0 radical (unpaired) electrons. The molecule has 20 heavy (non-hydrogen) atoms. The fourth-order valence-corrected chi connectivity index (χ4v) is 3.96. The van der Waals surface area contributed by atoms with Gasteiger partial charge in [0, 0.05) is 37.5 Å². The van der Waals surface area contributed by atoms with Gasteiger partial charge in [0.05, 0.1) is 18.1 Å². The van der Waals surface area contributed by atoms with E-state index in [1.54, 1.807) is 12.1 Å². The largest absolute Gasteiger partial charge is 0.399 e. The first-order valence-corrected chi connectivity index (χ1v) is 8.20. The van der Waals surface area contributed by atoms with Crippen LogP contribution in [0, 0.1) is 0 Å². The SMILES string of the molecule is COCCN(CCOC)S(=O)(=O)c1cc(N)ccc1Br. The normalized spacial score (nSPS) is 12.0. The smallest absolute Gasteiger partial charge is 0.244 e. The summed E-state index contributed by atoms with van der Waals surface area (Å²) in [4.78, 5) is 0.143. The summed E-state index contributed by atoms with van der Waals surface area (Å²) in [5.74, 6) is 0. The zero-order valence-corrected chi connectivity index (χ0v) is 13.9. The van der Waals surface area contributed by atoms with Crippen LogP contribution in [0.3, 0.4) is 0 Å². The fourth-order valence-electron chi connectivity index (χ4n) is 1.60. The molecule has 114 valence electrons. The zero-order valence-electron chi connectivity index (χ0n) is 11.5. The molecule has 0 aromatic heterocycles. The average Bonchev–Trinajstić information content (AvgIpc) is 2.41. The topological polar surface area (TPSA) is 81.9 Å². The quantitative estimate of drug-likeness (QED) is 0.701. The molecule has 0 bridgehead atoms. The number of benzene rings is 1. The molecule has 0 aliphatic heterocycles. The minimum absolute atomic E-state index is 0.143. The van der Waals surface area contributed by atoms with Crippen LogP contribution in [0.1, 0.15) is 0 Å². The Morgan fingerprint density at radius 1 is 1.20 bits per heavy atom. The first-order chi connectivity index (χ1) is 9.43. The van der Waals surface area contributed by atoms with E-state index in [0.717, 1.165) is 0 Å². The number of nitrogen functional groups attached to an aromatic ring is 1. The molecule has 0 atom stereocenters. The lowest BCUT2D eigenvalue weighted by molar-refractivity contribution is 0.150. The van der Waals surface area contributed by atoms with Gasteiger partial charge in [-0.25, -0.2) is 8.42 Å². The number of hydrogen-bond acceptors (Lipinski definition) is 5. The third kappa shape index (κ3) is 4.42. The van der Waals surface area contributed by atoms with Crippen molar-refractivity contribution in [2.45, 2.75) is 4.90 Å². The highest BCUT2D eigenvalue weighted by Gasteiger charge is 2.26. The van der Waals surface area contributed by atoms with Crippen molar-refractivity contribution < 1.29 is 17.9 Å². The van der Waals surface area contributed by atoms with Gasteiger partial charge in [0.1, 0.15) is 0 Å². The molecule has 0 saturated heterocycles. The molecule has 0 spiro atoms. The summed E-state index contributed by atoms with van der Waals surface area (Å²) in [6.45, 7) is 1.12. The second-order valence-corrected chi connectivity index (χ2v) is 6.84. The van der Waals surface area contributed by atoms with Crippen molar-refractivity contribution in [3.63, 3.8) is 0 Å². The number of rotatable bonds is 8. The summed E-state index contributed by atoms with van der Waals surface area (Å²) in [6, 6.07) is 4.69. The van der Waals surface area contributed by atoms with Gasteiger partial charge in [0.15, 0.2) is 0 Å².